The summed E-state index contributed by atoms with van der Waals surface area (Å²) in [4.78, 5) is 6.74. The minimum atomic E-state index is 0.603. The van der Waals surface area contributed by atoms with Crippen LogP contribution in [0.15, 0.2) is 18.3 Å². The summed E-state index contributed by atoms with van der Waals surface area (Å²) in [5.41, 5.74) is 1.33. The maximum absolute atomic E-state index is 4.53. The van der Waals surface area contributed by atoms with Gasteiger partial charge >= 0.3 is 0 Å². The molecule has 96 valence electrons. The van der Waals surface area contributed by atoms with Gasteiger partial charge in [-0.15, -0.1) is 0 Å². The Morgan fingerprint density at radius 2 is 2.18 bits per heavy atom. The van der Waals surface area contributed by atoms with Gasteiger partial charge < -0.3 is 10.2 Å². The molecule has 1 heterocycles. The van der Waals surface area contributed by atoms with Crippen LogP contribution >= 0.6 is 0 Å². The predicted molar refractivity (Wildman–Crippen MR) is 74.8 cm³/mol. The number of nitrogens with zero attached hydrogens (tertiary/aromatic N) is 2. The van der Waals surface area contributed by atoms with E-state index in [1.807, 2.05) is 13.2 Å². The fourth-order valence-electron chi connectivity index (χ4n) is 1.76. The Labute approximate surface area is 105 Å². The van der Waals surface area contributed by atoms with Gasteiger partial charge in [0.1, 0.15) is 5.82 Å². The van der Waals surface area contributed by atoms with Crippen molar-refractivity contribution in [3.05, 3.63) is 23.9 Å². The Morgan fingerprint density at radius 1 is 1.41 bits per heavy atom. The predicted octanol–water partition coefficient (Wildman–Crippen LogP) is 2.64. The highest BCUT2D eigenvalue weighted by Crippen LogP contribution is 2.19. The first kappa shape index (κ1) is 14.0. The summed E-state index contributed by atoms with van der Waals surface area (Å²) in [6.45, 7) is 6.54. The van der Waals surface area contributed by atoms with Crippen molar-refractivity contribution in [3.8, 4) is 0 Å². The molecule has 0 saturated carbocycles. The number of hydrogen-bond acceptors (Lipinski definition) is 3. The zero-order valence-electron chi connectivity index (χ0n) is 11.5. The lowest BCUT2D eigenvalue weighted by molar-refractivity contribution is 0.706. The third-order valence-electron chi connectivity index (χ3n) is 3.26. The van der Waals surface area contributed by atoms with Crippen molar-refractivity contribution >= 4 is 5.82 Å². The Balaban J connectivity index is 2.54. The van der Waals surface area contributed by atoms with Crippen LogP contribution in [0, 0.1) is 0 Å². The minimum absolute atomic E-state index is 0.603. The van der Waals surface area contributed by atoms with E-state index in [-0.39, 0.29) is 0 Å². The van der Waals surface area contributed by atoms with Gasteiger partial charge in [0.2, 0.25) is 0 Å². The molecule has 0 fully saturated rings. The number of rotatable bonds is 7. The maximum atomic E-state index is 4.53. The molecular formula is C14H25N3. The summed E-state index contributed by atoms with van der Waals surface area (Å²) in [5, 5.41) is 3.16. The first-order valence-corrected chi connectivity index (χ1v) is 6.50. The van der Waals surface area contributed by atoms with E-state index in [9.17, 15) is 0 Å². The van der Waals surface area contributed by atoms with Gasteiger partial charge in [-0.25, -0.2) is 4.98 Å². The number of nitrogens with one attached hydrogen (secondary N) is 1. The number of anilines is 1. The molecule has 0 aliphatic rings. The molecule has 0 saturated heterocycles. The number of hydrogen-bond donors (Lipinski definition) is 1. The quantitative estimate of drug-likeness (QED) is 0.736. The van der Waals surface area contributed by atoms with E-state index in [4.69, 9.17) is 0 Å². The largest absolute Gasteiger partial charge is 0.360 e. The lowest BCUT2D eigenvalue weighted by atomic mass is 10.0. The Kier molecular flexibility index (Phi) is 5.98. The number of aromatic nitrogens is 1. The van der Waals surface area contributed by atoms with Gasteiger partial charge in [0, 0.05) is 19.8 Å². The molecule has 0 radical (unpaired) electrons. The molecule has 0 aliphatic heterocycles. The molecule has 0 aliphatic carbocycles. The Bertz CT molecular complexity index is 308. The van der Waals surface area contributed by atoms with Gasteiger partial charge in [-0.1, -0.05) is 19.9 Å². The van der Waals surface area contributed by atoms with Crippen molar-refractivity contribution in [3.63, 3.8) is 0 Å². The van der Waals surface area contributed by atoms with Gasteiger partial charge in [0.15, 0.2) is 0 Å². The van der Waals surface area contributed by atoms with E-state index in [0.717, 1.165) is 25.3 Å². The van der Waals surface area contributed by atoms with E-state index < -0.39 is 0 Å². The average Bonchev–Trinajstić information content (AvgIpc) is 2.38. The highest BCUT2D eigenvalue weighted by molar-refractivity contribution is 5.38. The standard InChI is InChI=1S/C14H25N3/c1-5-12(2)13-7-8-14(16-11-13)17(4)10-6-9-15-3/h7-8,11-12,15H,5-6,9-10H2,1-4H3/t12-/m0/s1. The molecule has 0 amide bonds. The highest BCUT2D eigenvalue weighted by atomic mass is 15.2. The van der Waals surface area contributed by atoms with E-state index >= 15 is 0 Å². The topological polar surface area (TPSA) is 28.2 Å². The van der Waals surface area contributed by atoms with E-state index in [1.165, 1.54) is 12.0 Å². The monoisotopic (exact) mass is 235 g/mol. The van der Waals surface area contributed by atoms with Crippen LogP contribution in [0.5, 0.6) is 0 Å². The Morgan fingerprint density at radius 3 is 2.71 bits per heavy atom. The van der Waals surface area contributed by atoms with Crippen molar-refractivity contribution in [1.82, 2.24) is 10.3 Å². The second-order valence-electron chi connectivity index (χ2n) is 4.64. The molecule has 0 aromatic carbocycles. The minimum Gasteiger partial charge on any atom is -0.360 e. The molecule has 17 heavy (non-hydrogen) atoms. The normalized spacial score (nSPS) is 12.5. The van der Waals surface area contributed by atoms with Crippen molar-refractivity contribution in [2.24, 2.45) is 0 Å². The molecule has 1 atom stereocenters. The summed E-state index contributed by atoms with van der Waals surface area (Å²) >= 11 is 0. The average molecular weight is 235 g/mol. The molecule has 1 N–H and O–H groups in total. The molecule has 0 unspecified atom stereocenters. The second kappa shape index (κ2) is 7.28. The van der Waals surface area contributed by atoms with Crippen molar-refractivity contribution < 1.29 is 0 Å². The Hall–Kier alpha value is -1.09. The second-order valence-corrected chi connectivity index (χ2v) is 4.64. The summed E-state index contributed by atoms with van der Waals surface area (Å²) in [6.07, 6.45) is 4.32. The summed E-state index contributed by atoms with van der Waals surface area (Å²) < 4.78 is 0. The first-order chi connectivity index (χ1) is 8.19. The van der Waals surface area contributed by atoms with Gasteiger partial charge in [-0.3, -0.25) is 0 Å². The molecule has 1 rings (SSSR count). The molecule has 0 spiro atoms. The molecular weight excluding hydrogens is 210 g/mol. The fraction of sp³-hybridized carbons (Fsp3) is 0.643. The van der Waals surface area contributed by atoms with Crippen LogP contribution in [0.2, 0.25) is 0 Å². The van der Waals surface area contributed by atoms with Crippen LogP contribution in [-0.2, 0) is 0 Å². The first-order valence-electron chi connectivity index (χ1n) is 6.50. The van der Waals surface area contributed by atoms with Crippen molar-refractivity contribution in [2.45, 2.75) is 32.6 Å². The smallest absolute Gasteiger partial charge is 0.128 e. The summed E-state index contributed by atoms with van der Waals surface area (Å²) in [5.74, 6) is 1.67. The van der Waals surface area contributed by atoms with Gasteiger partial charge in [-0.2, -0.15) is 0 Å². The highest BCUT2D eigenvalue weighted by Gasteiger charge is 2.05. The van der Waals surface area contributed by atoms with Crippen molar-refractivity contribution in [1.29, 1.82) is 0 Å². The maximum Gasteiger partial charge on any atom is 0.128 e. The van der Waals surface area contributed by atoms with Gasteiger partial charge in [-0.05, 0) is 44.0 Å². The lowest BCUT2D eigenvalue weighted by Gasteiger charge is -2.18. The third-order valence-corrected chi connectivity index (χ3v) is 3.26. The van der Waals surface area contributed by atoms with Gasteiger partial charge in [0.25, 0.3) is 0 Å². The van der Waals surface area contributed by atoms with Crippen LogP contribution in [0.1, 0.15) is 38.2 Å². The van der Waals surface area contributed by atoms with E-state index in [0.29, 0.717) is 5.92 Å². The van der Waals surface area contributed by atoms with Crippen LogP contribution in [-0.4, -0.2) is 32.2 Å². The van der Waals surface area contributed by atoms with Gasteiger partial charge in [0.05, 0.1) is 0 Å². The van der Waals surface area contributed by atoms with Crippen molar-refractivity contribution in [2.75, 3.05) is 32.1 Å². The zero-order chi connectivity index (χ0) is 12.7. The van der Waals surface area contributed by atoms with Crippen LogP contribution in [0.25, 0.3) is 0 Å². The molecule has 3 nitrogen and oxygen atoms in total. The molecule has 3 heteroatoms. The van der Waals surface area contributed by atoms with Crippen LogP contribution in [0.4, 0.5) is 5.82 Å². The van der Waals surface area contributed by atoms with E-state index in [2.05, 4.69) is 48.2 Å². The molecule has 0 bridgehead atoms. The van der Waals surface area contributed by atoms with E-state index in [1.54, 1.807) is 0 Å². The zero-order valence-corrected chi connectivity index (χ0v) is 11.5. The van der Waals surface area contributed by atoms with Crippen LogP contribution in [0.3, 0.4) is 0 Å². The summed E-state index contributed by atoms with van der Waals surface area (Å²) in [6, 6.07) is 4.33. The van der Waals surface area contributed by atoms with Crippen LogP contribution < -0.4 is 10.2 Å². The molecule has 1 aromatic heterocycles. The third kappa shape index (κ3) is 4.35. The SMILES string of the molecule is CC[C@H](C)c1ccc(N(C)CCCNC)nc1. The molecule has 1 aromatic rings. The lowest BCUT2D eigenvalue weighted by Crippen LogP contribution is -2.23. The number of pyridine rings is 1. The summed E-state index contributed by atoms with van der Waals surface area (Å²) in [7, 11) is 4.08. The fourth-order valence-corrected chi connectivity index (χ4v) is 1.76.